The second kappa shape index (κ2) is 7.25. The van der Waals surface area contributed by atoms with Gasteiger partial charge in [0, 0.05) is 43.5 Å². The van der Waals surface area contributed by atoms with E-state index in [4.69, 9.17) is 9.97 Å². The van der Waals surface area contributed by atoms with Gasteiger partial charge in [-0.05, 0) is 43.2 Å². The SMILES string of the molecule is CCC1(CNc2nc(-c3ccncc3)nc3c2CCN(C(C)=O)C3)CCC1. The molecule has 1 amide bonds. The highest BCUT2D eigenvalue weighted by molar-refractivity contribution is 5.74. The van der Waals surface area contributed by atoms with E-state index in [-0.39, 0.29) is 5.91 Å². The molecule has 142 valence electrons. The molecule has 0 spiro atoms. The van der Waals surface area contributed by atoms with Crippen LogP contribution >= 0.6 is 0 Å². The first kappa shape index (κ1) is 17.9. The van der Waals surface area contributed by atoms with Crippen molar-refractivity contribution < 1.29 is 4.79 Å². The van der Waals surface area contributed by atoms with Crippen LogP contribution in [0.1, 0.15) is 50.8 Å². The maximum Gasteiger partial charge on any atom is 0.219 e. The van der Waals surface area contributed by atoms with E-state index in [0.717, 1.165) is 42.1 Å². The lowest BCUT2D eigenvalue weighted by molar-refractivity contribution is -0.129. The van der Waals surface area contributed by atoms with E-state index in [1.54, 1.807) is 19.3 Å². The summed E-state index contributed by atoms with van der Waals surface area (Å²) in [6, 6.07) is 3.85. The Bertz CT molecular complexity index is 826. The van der Waals surface area contributed by atoms with Gasteiger partial charge in [-0.2, -0.15) is 0 Å². The zero-order valence-electron chi connectivity index (χ0n) is 16.2. The third kappa shape index (κ3) is 3.53. The molecule has 0 bridgehead atoms. The Labute approximate surface area is 160 Å². The number of hydrogen-bond acceptors (Lipinski definition) is 5. The Morgan fingerprint density at radius 1 is 1.26 bits per heavy atom. The van der Waals surface area contributed by atoms with Crippen molar-refractivity contribution >= 4 is 11.7 Å². The van der Waals surface area contributed by atoms with Crippen LogP contribution in [-0.4, -0.2) is 38.8 Å². The quantitative estimate of drug-likeness (QED) is 0.879. The summed E-state index contributed by atoms with van der Waals surface area (Å²) in [7, 11) is 0. The average Bonchev–Trinajstić information content (AvgIpc) is 2.67. The summed E-state index contributed by atoms with van der Waals surface area (Å²) in [6.45, 7) is 6.14. The van der Waals surface area contributed by atoms with Crippen molar-refractivity contribution in [1.82, 2.24) is 19.9 Å². The Morgan fingerprint density at radius 2 is 2.04 bits per heavy atom. The zero-order chi connectivity index (χ0) is 18.9. The Morgan fingerprint density at radius 3 is 2.67 bits per heavy atom. The van der Waals surface area contributed by atoms with Gasteiger partial charge in [-0.15, -0.1) is 0 Å². The third-order valence-corrected chi connectivity index (χ3v) is 6.24. The van der Waals surface area contributed by atoms with Crippen molar-refractivity contribution in [2.75, 3.05) is 18.4 Å². The molecule has 0 radical (unpaired) electrons. The van der Waals surface area contributed by atoms with Crippen LogP contribution in [0.25, 0.3) is 11.4 Å². The Hall–Kier alpha value is -2.50. The van der Waals surface area contributed by atoms with Crippen LogP contribution in [0.3, 0.4) is 0 Å². The smallest absolute Gasteiger partial charge is 0.219 e. The first-order chi connectivity index (χ1) is 13.1. The summed E-state index contributed by atoms with van der Waals surface area (Å²) in [5, 5.41) is 3.65. The third-order valence-electron chi connectivity index (χ3n) is 6.24. The van der Waals surface area contributed by atoms with Gasteiger partial charge in [0.1, 0.15) is 5.82 Å². The number of aromatic nitrogens is 3. The van der Waals surface area contributed by atoms with Gasteiger partial charge in [-0.25, -0.2) is 9.97 Å². The molecule has 0 unspecified atom stereocenters. The van der Waals surface area contributed by atoms with Crippen molar-refractivity contribution in [3.63, 3.8) is 0 Å². The number of rotatable bonds is 5. The van der Waals surface area contributed by atoms with E-state index < -0.39 is 0 Å². The number of anilines is 1. The molecule has 1 aliphatic heterocycles. The fraction of sp³-hybridized carbons (Fsp3) is 0.524. The second-order valence-corrected chi connectivity index (χ2v) is 7.81. The highest BCUT2D eigenvalue weighted by atomic mass is 16.2. The predicted molar refractivity (Wildman–Crippen MR) is 105 cm³/mol. The molecule has 6 heteroatoms. The van der Waals surface area contributed by atoms with Crippen LogP contribution in [0, 0.1) is 5.41 Å². The maximum atomic E-state index is 11.8. The first-order valence-electron chi connectivity index (χ1n) is 9.90. The van der Waals surface area contributed by atoms with Crippen LogP contribution < -0.4 is 5.32 Å². The molecule has 1 saturated carbocycles. The minimum Gasteiger partial charge on any atom is -0.369 e. The van der Waals surface area contributed by atoms with E-state index in [9.17, 15) is 4.79 Å². The minimum atomic E-state index is 0.0960. The topological polar surface area (TPSA) is 71.0 Å². The number of carbonyl (C=O) groups excluding carboxylic acids is 1. The highest BCUT2D eigenvalue weighted by Gasteiger charge is 2.35. The van der Waals surface area contributed by atoms with E-state index >= 15 is 0 Å². The van der Waals surface area contributed by atoms with Crippen LogP contribution in [0.2, 0.25) is 0 Å². The summed E-state index contributed by atoms with van der Waals surface area (Å²) < 4.78 is 0. The van der Waals surface area contributed by atoms with Gasteiger partial charge in [0.15, 0.2) is 5.82 Å². The van der Waals surface area contributed by atoms with Crippen molar-refractivity contribution in [3.8, 4) is 11.4 Å². The van der Waals surface area contributed by atoms with Crippen LogP contribution in [0.5, 0.6) is 0 Å². The van der Waals surface area contributed by atoms with Crippen LogP contribution in [0.15, 0.2) is 24.5 Å². The number of pyridine rings is 1. The number of nitrogens with one attached hydrogen (secondary N) is 1. The van der Waals surface area contributed by atoms with Crippen molar-refractivity contribution in [2.45, 2.75) is 52.5 Å². The van der Waals surface area contributed by atoms with E-state index in [1.165, 1.54) is 25.7 Å². The lowest BCUT2D eigenvalue weighted by atomic mass is 9.67. The summed E-state index contributed by atoms with van der Waals surface area (Å²) >= 11 is 0. The number of nitrogens with zero attached hydrogens (tertiary/aromatic N) is 4. The lowest BCUT2D eigenvalue weighted by Gasteiger charge is -2.41. The maximum absolute atomic E-state index is 11.8. The summed E-state index contributed by atoms with van der Waals surface area (Å²) in [6.07, 6.45) is 9.42. The average molecular weight is 365 g/mol. The normalized spacial score (nSPS) is 17.8. The van der Waals surface area contributed by atoms with Gasteiger partial charge < -0.3 is 10.2 Å². The summed E-state index contributed by atoms with van der Waals surface area (Å²) in [5.41, 5.74) is 3.48. The minimum absolute atomic E-state index is 0.0960. The fourth-order valence-corrected chi connectivity index (χ4v) is 4.08. The molecule has 4 rings (SSSR count). The number of carbonyl (C=O) groups is 1. The number of hydrogen-bond donors (Lipinski definition) is 1. The molecule has 1 aliphatic carbocycles. The zero-order valence-corrected chi connectivity index (χ0v) is 16.2. The van der Waals surface area contributed by atoms with Gasteiger partial charge in [0.2, 0.25) is 5.91 Å². The molecule has 1 N–H and O–H groups in total. The number of fused-ring (bicyclic) bond motifs is 1. The lowest BCUT2D eigenvalue weighted by Crippen LogP contribution is -2.38. The Balaban J connectivity index is 1.68. The molecule has 0 saturated heterocycles. The van der Waals surface area contributed by atoms with E-state index in [1.807, 2.05) is 17.0 Å². The molecule has 2 aromatic rings. The standard InChI is InChI=1S/C21H27N5O/c1-3-21(8-4-9-21)14-23-20-17-7-12-26(15(2)27)13-18(17)24-19(25-20)16-5-10-22-11-6-16/h5-6,10-11H,3-4,7-9,12-14H2,1-2H3,(H,23,24,25). The summed E-state index contributed by atoms with van der Waals surface area (Å²) in [5.74, 6) is 1.73. The monoisotopic (exact) mass is 365 g/mol. The highest BCUT2D eigenvalue weighted by Crippen LogP contribution is 2.44. The van der Waals surface area contributed by atoms with Crippen molar-refractivity contribution in [2.24, 2.45) is 5.41 Å². The van der Waals surface area contributed by atoms with Gasteiger partial charge >= 0.3 is 0 Å². The molecule has 0 aromatic carbocycles. The fourth-order valence-electron chi connectivity index (χ4n) is 4.08. The Kier molecular flexibility index (Phi) is 4.81. The molecule has 27 heavy (non-hydrogen) atoms. The first-order valence-corrected chi connectivity index (χ1v) is 9.90. The van der Waals surface area contributed by atoms with Gasteiger partial charge in [0.05, 0.1) is 12.2 Å². The largest absolute Gasteiger partial charge is 0.369 e. The predicted octanol–water partition coefficient (Wildman–Crippen LogP) is 3.44. The van der Waals surface area contributed by atoms with Crippen LogP contribution in [-0.2, 0) is 17.8 Å². The van der Waals surface area contributed by atoms with Crippen LogP contribution in [0.4, 0.5) is 5.82 Å². The molecular weight excluding hydrogens is 338 g/mol. The van der Waals surface area contributed by atoms with Crippen molar-refractivity contribution in [1.29, 1.82) is 0 Å². The van der Waals surface area contributed by atoms with E-state index in [2.05, 4.69) is 17.2 Å². The van der Waals surface area contributed by atoms with E-state index in [0.29, 0.717) is 17.8 Å². The molecule has 2 aliphatic rings. The molecular formula is C21H27N5O. The number of amides is 1. The molecule has 2 aromatic heterocycles. The second-order valence-electron chi connectivity index (χ2n) is 7.81. The van der Waals surface area contributed by atoms with Gasteiger partial charge in [-0.1, -0.05) is 13.3 Å². The molecule has 3 heterocycles. The summed E-state index contributed by atoms with van der Waals surface area (Å²) in [4.78, 5) is 27.5. The molecule has 0 atom stereocenters. The van der Waals surface area contributed by atoms with Gasteiger partial charge in [-0.3, -0.25) is 9.78 Å². The van der Waals surface area contributed by atoms with Crippen molar-refractivity contribution in [3.05, 3.63) is 35.8 Å². The van der Waals surface area contributed by atoms with Gasteiger partial charge in [0.25, 0.3) is 0 Å². The molecule has 6 nitrogen and oxygen atoms in total. The molecule has 1 fully saturated rings.